The Balaban J connectivity index is 2.27. The monoisotopic (exact) mass is 285 g/mol. The lowest BCUT2D eigenvalue weighted by molar-refractivity contribution is 0.282. The maximum atomic E-state index is 14.0. The average Bonchev–Trinajstić information content (AvgIpc) is 2.35. The Kier molecular flexibility index (Phi) is 5.11. The van der Waals surface area contributed by atoms with Crippen LogP contribution in [0.25, 0.3) is 0 Å². The number of nitrogens with zero attached hydrogens (tertiary/aromatic N) is 2. The molecule has 0 radical (unpaired) electrons. The van der Waals surface area contributed by atoms with Gasteiger partial charge in [0.1, 0.15) is 0 Å². The molecular formula is C14H21F2N3O. The van der Waals surface area contributed by atoms with Gasteiger partial charge in [0.25, 0.3) is 0 Å². The Morgan fingerprint density at radius 2 is 2.15 bits per heavy atom. The zero-order valence-electron chi connectivity index (χ0n) is 11.7. The number of pyridine rings is 1. The first kappa shape index (κ1) is 15.0. The number of hydrogen-bond acceptors (Lipinski definition) is 4. The van der Waals surface area contributed by atoms with Crippen LogP contribution in [-0.2, 0) is 0 Å². The molecule has 2 rings (SSSR count). The van der Waals surface area contributed by atoms with E-state index in [1.165, 1.54) is 0 Å². The van der Waals surface area contributed by atoms with Crippen molar-refractivity contribution in [3.05, 3.63) is 17.7 Å². The molecule has 0 atom stereocenters. The smallest absolute Gasteiger partial charge is 0.168 e. The molecule has 1 aromatic heterocycles. The molecule has 0 saturated heterocycles. The predicted octanol–water partition coefficient (Wildman–Crippen LogP) is 2.53. The quantitative estimate of drug-likeness (QED) is 0.808. The van der Waals surface area contributed by atoms with Gasteiger partial charge in [0, 0.05) is 25.2 Å². The standard InChI is InChI=1S/C14H21F2N3O/c1-2-6-17-13-11(15)9-12(16)14(18-13)19(7-8-20)10-4-3-5-10/h9-10,20H,2-8H2,1H3,(H,17,18). The van der Waals surface area contributed by atoms with Crippen LogP contribution < -0.4 is 10.2 Å². The molecule has 0 spiro atoms. The van der Waals surface area contributed by atoms with E-state index >= 15 is 0 Å². The molecule has 0 aromatic carbocycles. The summed E-state index contributed by atoms with van der Waals surface area (Å²) in [6.45, 7) is 2.78. The van der Waals surface area contributed by atoms with Crippen LogP contribution in [0.15, 0.2) is 6.07 Å². The summed E-state index contributed by atoms with van der Waals surface area (Å²) < 4.78 is 27.7. The van der Waals surface area contributed by atoms with Crippen molar-refractivity contribution >= 4 is 11.6 Å². The van der Waals surface area contributed by atoms with Crippen molar-refractivity contribution < 1.29 is 13.9 Å². The van der Waals surface area contributed by atoms with E-state index in [1.54, 1.807) is 4.90 Å². The first-order valence-electron chi connectivity index (χ1n) is 7.14. The minimum absolute atomic E-state index is 0.0745. The molecule has 0 bridgehead atoms. The fourth-order valence-electron chi connectivity index (χ4n) is 2.29. The van der Waals surface area contributed by atoms with E-state index in [-0.39, 0.29) is 24.3 Å². The molecule has 1 fully saturated rings. The van der Waals surface area contributed by atoms with Crippen LogP contribution in [0.2, 0.25) is 0 Å². The van der Waals surface area contributed by atoms with Crippen molar-refractivity contribution in [2.24, 2.45) is 0 Å². The largest absolute Gasteiger partial charge is 0.395 e. The normalized spacial score (nSPS) is 15.0. The summed E-state index contributed by atoms with van der Waals surface area (Å²) in [4.78, 5) is 5.83. The molecule has 1 aromatic rings. The molecular weight excluding hydrogens is 264 g/mol. The van der Waals surface area contributed by atoms with Gasteiger partial charge in [-0.3, -0.25) is 0 Å². The minimum Gasteiger partial charge on any atom is -0.395 e. The fourth-order valence-corrected chi connectivity index (χ4v) is 2.29. The van der Waals surface area contributed by atoms with Crippen molar-refractivity contribution in [2.75, 3.05) is 29.9 Å². The third-order valence-corrected chi connectivity index (χ3v) is 3.58. The van der Waals surface area contributed by atoms with Crippen molar-refractivity contribution in [1.82, 2.24) is 4.98 Å². The second kappa shape index (κ2) is 6.83. The molecule has 2 N–H and O–H groups in total. The van der Waals surface area contributed by atoms with Gasteiger partial charge in [0.05, 0.1) is 6.61 Å². The van der Waals surface area contributed by atoms with Crippen molar-refractivity contribution in [3.63, 3.8) is 0 Å². The number of rotatable bonds is 7. The maximum Gasteiger partial charge on any atom is 0.168 e. The predicted molar refractivity (Wildman–Crippen MR) is 75.0 cm³/mol. The van der Waals surface area contributed by atoms with E-state index in [4.69, 9.17) is 5.11 Å². The molecule has 0 unspecified atom stereocenters. The van der Waals surface area contributed by atoms with Crippen LogP contribution in [0.5, 0.6) is 0 Å². The Bertz CT molecular complexity index is 452. The van der Waals surface area contributed by atoms with Gasteiger partial charge in [-0.05, 0) is 25.7 Å². The number of aliphatic hydroxyl groups excluding tert-OH is 1. The van der Waals surface area contributed by atoms with Crippen LogP contribution in [0.3, 0.4) is 0 Å². The van der Waals surface area contributed by atoms with Gasteiger partial charge in [-0.25, -0.2) is 13.8 Å². The highest BCUT2D eigenvalue weighted by molar-refractivity contribution is 5.50. The van der Waals surface area contributed by atoms with Gasteiger partial charge < -0.3 is 15.3 Å². The lowest BCUT2D eigenvalue weighted by Gasteiger charge is -2.38. The topological polar surface area (TPSA) is 48.4 Å². The number of aromatic nitrogens is 1. The van der Waals surface area contributed by atoms with Crippen molar-refractivity contribution in [3.8, 4) is 0 Å². The highest BCUT2D eigenvalue weighted by atomic mass is 19.1. The summed E-state index contributed by atoms with van der Waals surface area (Å²) in [5, 5.41) is 12.0. The highest BCUT2D eigenvalue weighted by Crippen LogP contribution is 2.31. The minimum atomic E-state index is -0.683. The van der Waals surface area contributed by atoms with Crippen LogP contribution in [0.4, 0.5) is 20.4 Å². The number of anilines is 2. The summed E-state index contributed by atoms with van der Waals surface area (Å²) in [5.41, 5.74) is 0. The summed E-state index contributed by atoms with van der Waals surface area (Å²) in [6, 6.07) is 1.05. The van der Waals surface area contributed by atoms with E-state index in [1.807, 2.05) is 6.92 Å². The third kappa shape index (κ3) is 3.17. The number of halogens is 2. The number of hydrogen-bond donors (Lipinski definition) is 2. The first-order chi connectivity index (χ1) is 9.67. The molecule has 1 heterocycles. The molecule has 20 heavy (non-hydrogen) atoms. The van der Waals surface area contributed by atoms with E-state index in [0.717, 1.165) is 31.7 Å². The third-order valence-electron chi connectivity index (χ3n) is 3.58. The Morgan fingerprint density at radius 1 is 1.40 bits per heavy atom. The molecule has 112 valence electrons. The lowest BCUT2D eigenvalue weighted by atomic mass is 9.91. The van der Waals surface area contributed by atoms with Gasteiger partial charge in [0.15, 0.2) is 23.3 Å². The Hall–Kier alpha value is -1.43. The van der Waals surface area contributed by atoms with Crippen LogP contribution in [0.1, 0.15) is 32.6 Å². The molecule has 0 amide bonds. The molecule has 1 aliphatic carbocycles. The number of nitrogens with one attached hydrogen (secondary N) is 1. The lowest BCUT2D eigenvalue weighted by Crippen LogP contribution is -2.43. The Morgan fingerprint density at radius 3 is 2.70 bits per heavy atom. The van der Waals surface area contributed by atoms with Gasteiger partial charge in [-0.15, -0.1) is 0 Å². The zero-order chi connectivity index (χ0) is 14.5. The summed E-state index contributed by atoms with van der Waals surface area (Å²) in [7, 11) is 0. The average molecular weight is 285 g/mol. The summed E-state index contributed by atoms with van der Waals surface area (Å²) in [6.07, 6.45) is 3.83. The SMILES string of the molecule is CCCNc1nc(N(CCO)C2CCC2)c(F)cc1F. The van der Waals surface area contributed by atoms with Crippen LogP contribution in [-0.4, -0.2) is 35.8 Å². The van der Waals surface area contributed by atoms with Crippen LogP contribution >= 0.6 is 0 Å². The van der Waals surface area contributed by atoms with Gasteiger partial charge in [-0.1, -0.05) is 6.92 Å². The molecule has 1 saturated carbocycles. The molecule has 4 nitrogen and oxygen atoms in total. The van der Waals surface area contributed by atoms with Crippen molar-refractivity contribution in [2.45, 2.75) is 38.6 Å². The van der Waals surface area contributed by atoms with E-state index in [9.17, 15) is 8.78 Å². The summed E-state index contributed by atoms with van der Waals surface area (Å²) >= 11 is 0. The van der Waals surface area contributed by atoms with Gasteiger partial charge in [0.2, 0.25) is 0 Å². The van der Waals surface area contributed by atoms with E-state index < -0.39 is 11.6 Å². The molecule has 0 aliphatic heterocycles. The fraction of sp³-hybridized carbons (Fsp3) is 0.643. The van der Waals surface area contributed by atoms with E-state index in [0.29, 0.717) is 13.1 Å². The van der Waals surface area contributed by atoms with Crippen LogP contribution in [0, 0.1) is 11.6 Å². The second-order valence-electron chi connectivity index (χ2n) is 5.05. The van der Waals surface area contributed by atoms with Crippen molar-refractivity contribution in [1.29, 1.82) is 0 Å². The highest BCUT2D eigenvalue weighted by Gasteiger charge is 2.28. The number of aliphatic hydroxyl groups is 1. The molecule has 1 aliphatic rings. The van der Waals surface area contributed by atoms with Gasteiger partial charge in [-0.2, -0.15) is 0 Å². The zero-order valence-corrected chi connectivity index (χ0v) is 11.7. The Labute approximate surface area is 117 Å². The summed E-state index contributed by atoms with van der Waals surface area (Å²) in [5.74, 6) is -1.16. The maximum absolute atomic E-state index is 14.0. The van der Waals surface area contributed by atoms with Gasteiger partial charge >= 0.3 is 0 Å². The second-order valence-corrected chi connectivity index (χ2v) is 5.05. The first-order valence-corrected chi connectivity index (χ1v) is 7.14. The van der Waals surface area contributed by atoms with E-state index in [2.05, 4.69) is 10.3 Å². The molecule has 6 heteroatoms.